The van der Waals surface area contributed by atoms with Crippen LogP contribution >= 0.6 is 0 Å². The quantitative estimate of drug-likeness (QED) is 0.261. The summed E-state index contributed by atoms with van der Waals surface area (Å²) in [5.41, 5.74) is 5.84. The minimum Gasteiger partial charge on any atom is -0.493 e. The van der Waals surface area contributed by atoms with Gasteiger partial charge in [0.25, 0.3) is 0 Å². The first-order valence-corrected chi connectivity index (χ1v) is 13.8. The highest BCUT2D eigenvalue weighted by molar-refractivity contribution is 7.72. The van der Waals surface area contributed by atoms with E-state index in [1.54, 1.807) is 11.6 Å². The number of fused-ring (bicyclic) bond motifs is 2. The van der Waals surface area contributed by atoms with Crippen LogP contribution in [0.3, 0.4) is 0 Å². The monoisotopic (exact) mass is 511 g/mol. The summed E-state index contributed by atoms with van der Waals surface area (Å²) in [5, 5.41) is 4.31. The van der Waals surface area contributed by atoms with Crippen molar-refractivity contribution in [1.82, 2.24) is 29.5 Å². The van der Waals surface area contributed by atoms with Crippen LogP contribution in [0.4, 0.5) is 5.82 Å². The van der Waals surface area contributed by atoms with E-state index in [-0.39, 0.29) is 11.7 Å². The Hall–Kier alpha value is -3.18. The zero-order chi connectivity index (χ0) is 25.2. The number of hydrogen-bond donors (Lipinski definition) is 2. The van der Waals surface area contributed by atoms with E-state index in [0.717, 1.165) is 73.7 Å². The van der Waals surface area contributed by atoms with E-state index in [9.17, 15) is 8.42 Å². The van der Waals surface area contributed by atoms with Gasteiger partial charge in [0.05, 0.1) is 23.8 Å². The number of methoxy groups -OCH3 is 1. The molecule has 36 heavy (non-hydrogen) atoms. The fraction of sp³-hybridized carbons (Fsp3) is 0.480. The molecule has 0 spiro atoms. The minimum atomic E-state index is -2.26. The third-order valence-corrected chi connectivity index (χ3v) is 7.53. The van der Waals surface area contributed by atoms with E-state index in [2.05, 4.69) is 50.8 Å². The van der Waals surface area contributed by atoms with Crippen molar-refractivity contribution in [3.8, 4) is 17.0 Å². The second kappa shape index (κ2) is 10.4. The molecular weight excluding hydrogens is 478 g/mol. The van der Waals surface area contributed by atoms with Gasteiger partial charge < -0.3 is 14.6 Å². The Morgan fingerprint density at radius 2 is 1.94 bits per heavy atom. The van der Waals surface area contributed by atoms with Gasteiger partial charge in [-0.05, 0) is 43.5 Å². The number of anilines is 1. The fourth-order valence-corrected chi connectivity index (χ4v) is 5.48. The zero-order valence-electron chi connectivity index (χ0n) is 21.0. The summed E-state index contributed by atoms with van der Waals surface area (Å²) in [4.78, 5) is 17.8. The molecule has 4 aromatic heterocycles. The van der Waals surface area contributed by atoms with Crippen molar-refractivity contribution in [3.05, 3.63) is 36.3 Å². The normalized spacial score (nSPS) is 15.1. The number of aromatic nitrogens is 5. The summed E-state index contributed by atoms with van der Waals surface area (Å²) in [6.45, 7) is 9.04. The van der Waals surface area contributed by atoms with Crippen molar-refractivity contribution in [3.63, 3.8) is 0 Å². The lowest BCUT2D eigenvalue weighted by Crippen LogP contribution is -2.46. The molecule has 0 bridgehead atoms. The Morgan fingerprint density at radius 3 is 2.67 bits per heavy atom. The summed E-state index contributed by atoms with van der Waals surface area (Å²) in [6.07, 6.45) is 5.15. The Kier molecular flexibility index (Phi) is 7.10. The van der Waals surface area contributed by atoms with Crippen LogP contribution < -0.4 is 9.64 Å². The molecule has 5 rings (SSSR count). The first-order valence-electron chi connectivity index (χ1n) is 12.4. The number of H-pyrrole nitrogens is 1. The van der Waals surface area contributed by atoms with Gasteiger partial charge in [0.15, 0.2) is 11.4 Å². The molecule has 0 aromatic carbocycles. The number of aromatic amines is 1. The highest BCUT2D eigenvalue weighted by Crippen LogP contribution is 2.37. The summed E-state index contributed by atoms with van der Waals surface area (Å²) in [6, 6.07) is 6.21. The van der Waals surface area contributed by atoms with Crippen molar-refractivity contribution in [2.75, 3.05) is 50.5 Å². The molecule has 10 nitrogen and oxygen atoms in total. The average molecular weight is 512 g/mol. The lowest BCUT2D eigenvalue weighted by Gasteiger charge is -2.35. The maximum absolute atomic E-state index is 10.8. The molecular formula is C25H33N7O3S. The van der Waals surface area contributed by atoms with Gasteiger partial charge in [-0.2, -0.15) is 5.10 Å². The molecule has 0 amide bonds. The van der Waals surface area contributed by atoms with E-state index in [4.69, 9.17) is 9.72 Å². The number of nitrogens with one attached hydrogen (secondary N) is 1. The molecule has 192 valence electrons. The molecule has 1 fully saturated rings. The second-order valence-corrected chi connectivity index (χ2v) is 10.7. The summed E-state index contributed by atoms with van der Waals surface area (Å²) < 4.78 is 28.8. The number of nitrogens with zero attached hydrogens (tertiary/aromatic N) is 6. The van der Waals surface area contributed by atoms with Crippen LogP contribution in [-0.4, -0.2) is 83.5 Å². The van der Waals surface area contributed by atoms with Gasteiger partial charge in [-0.15, -0.1) is 0 Å². The molecule has 0 unspecified atom stereocenters. The molecule has 4 aromatic rings. The summed E-state index contributed by atoms with van der Waals surface area (Å²) in [5.74, 6) is 2.21. The fourth-order valence-electron chi connectivity index (χ4n) is 5.00. The van der Waals surface area contributed by atoms with E-state index < -0.39 is 10.7 Å². The molecule has 11 heteroatoms. The molecule has 5 heterocycles. The predicted molar refractivity (Wildman–Crippen MR) is 142 cm³/mol. The maximum atomic E-state index is 10.8. The molecule has 0 aliphatic carbocycles. The van der Waals surface area contributed by atoms with E-state index in [0.29, 0.717) is 11.4 Å². The first-order chi connectivity index (χ1) is 17.4. The van der Waals surface area contributed by atoms with E-state index in [1.165, 1.54) is 11.9 Å². The van der Waals surface area contributed by atoms with E-state index >= 15 is 0 Å². The number of rotatable bonds is 9. The van der Waals surface area contributed by atoms with Gasteiger partial charge in [-0.3, -0.25) is 4.90 Å². The Labute approximate surface area is 212 Å². The largest absolute Gasteiger partial charge is 0.493 e. The van der Waals surface area contributed by atoms with Crippen LogP contribution in [0.1, 0.15) is 38.2 Å². The van der Waals surface area contributed by atoms with Gasteiger partial charge in [0.1, 0.15) is 22.8 Å². The molecule has 0 saturated carbocycles. The van der Waals surface area contributed by atoms with Crippen LogP contribution in [0.15, 0.2) is 30.7 Å². The third kappa shape index (κ3) is 4.90. The van der Waals surface area contributed by atoms with Crippen LogP contribution in [0.2, 0.25) is 0 Å². The minimum absolute atomic E-state index is 0.259. The highest BCUT2D eigenvalue weighted by Gasteiger charge is 2.22. The number of pyridine rings is 2. The number of thiol groups is 1. The summed E-state index contributed by atoms with van der Waals surface area (Å²) in [7, 11) is -0.618. The third-order valence-electron chi connectivity index (χ3n) is 6.85. The molecule has 0 atom stereocenters. The highest BCUT2D eigenvalue weighted by atomic mass is 32.2. The van der Waals surface area contributed by atoms with Gasteiger partial charge in [-0.1, -0.05) is 13.8 Å². The van der Waals surface area contributed by atoms with Crippen molar-refractivity contribution in [1.29, 1.82) is 0 Å². The van der Waals surface area contributed by atoms with E-state index in [1.807, 2.05) is 12.3 Å². The van der Waals surface area contributed by atoms with Crippen LogP contribution in [-0.2, 0) is 10.7 Å². The Morgan fingerprint density at radius 1 is 1.14 bits per heavy atom. The van der Waals surface area contributed by atoms with Gasteiger partial charge in [-0.25, -0.2) is 22.9 Å². The molecule has 1 aliphatic rings. The van der Waals surface area contributed by atoms with Gasteiger partial charge >= 0.3 is 0 Å². The van der Waals surface area contributed by atoms with Crippen LogP contribution in [0, 0.1) is 0 Å². The summed E-state index contributed by atoms with van der Waals surface area (Å²) >= 11 is 0. The standard InChI is InChI=1S/C25H33N7O3S/c1-17(2)22-23(18-14-20(35-3)25-26-16-27-32(25)15-18)28-19-6-7-21(29-24(19)22)31-11-9-30(10-12-31)8-4-5-13-36(33)34/h6-7,14-17,28,36H,4-5,8-13H2,1-3H3. The van der Waals surface area contributed by atoms with Crippen molar-refractivity contribution in [2.24, 2.45) is 0 Å². The SMILES string of the molecule is COc1cc(-c2[nH]c3ccc(N4CCN(CCCC[SH](=O)=O)CC4)nc3c2C(C)C)cn2ncnc12. The number of unbranched alkanes of at least 4 members (excludes halogenated alkanes) is 1. The average Bonchev–Trinajstić information content (AvgIpc) is 3.50. The lowest BCUT2D eigenvalue weighted by atomic mass is 9.99. The van der Waals surface area contributed by atoms with Crippen LogP contribution in [0.5, 0.6) is 5.75 Å². The maximum Gasteiger partial charge on any atom is 0.197 e. The lowest BCUT2D eigenvalue weighted by molar-refractivity contribution is 0.254. The van der Waals surface area contributed by atoms with Crippen molar-refractivity contribution >= 4 is 33.2 Å². The van der Waals surface area contributed by atoms with Crippen molar-refractivity contribution in [2.45, 2.75) is 32.6 Å². The molecule has 1 saturated heterocycles. The molecule has 0 radical (unpaired) electrons. The molecule has 1 N–H and O–H groups in total. The van der Waals surface area contributed by atoms with Crippen molar-refractivity contribution < 1.29 is 13.2 Å². The van der Waals surface area contributed by atoms with Crippen LogP contribution in [0.25, 0.3) is 27.9 Å². The Balaban J connectivity index is 1.39. The predicted octanol–water partition coefficient (Wildman–Crippen LogP) is 2.92. The van der Waals surface area contributed by atoms with Gasteiger partial charge in [0, 0.05) is 49.3 Å². The number of ether oxygens (including phenoxy) is 1. The second-order valence-electron chi connectivity index (χ2n) is 9.55. The number of piperazine rings is 1. The Bertz CT molecular complexity index is 1430. The number of hydrogen-bond acceptors (Lipinski definition) is 8. The topological polar surface area (TPSA) is 109 Å². The smallest absolute Gasteiger partial charge is 0.197 e. The zero-order valence-corrected chi connectivity index (χ0v) is 21.9. The van der Waals surface area contributed by atoms with Gasteiger partial charge in [0.2, 0.25) is 0 Å². The first kappa shape index (κ1) is 24.5. The molecule has 1 aliphatic heterocycles.